The van der Waals surface area contributed by atoms with Gasteiger partial charge in [0, 0.05) is 6.04 Å². The molecule has 2 N–H and O–H groups in total. The van der Waals surface area contributed by atoms with Crippen LogP contribution in [0, 0.1) is 5.41 Å². The summed E-state index contributed by atoms with van der Waals surface area (Å²) in [5.74, 6) is 0. The number of nitrogens with two attached hydrogens (primary N) is 1. The lowest BCUT2D eigenvalue weighted by molar-refractivity contribution is 0.103. The van der Waals surface area contributed by atoms with Crippen molar-refractivity contribution in [1.82, 2.24) is 4.90 Å². The largest absolute Gasteiger partial charge is 0.330 e. The Labute approximate surface area is 101 Å². The average Bonchev–Trinajstić information content (AvgIpc) is 3.05. The maximum absolute atomic E-state index is 5.93. The molecule has 0 aromatic heterocycles. The fraction of sp³-hybridized carbons (Fsp3) is 1.00. The van der Waals surface area contributed by atoms with E-state index in [9.17, 15) is 0 Å². The van der Waals surface area contributed by atoms with Gasteiger partial charge in [0.25, 0.3) is 0 Å². The summed E-state index contributed by atoms with van der Waals surface area (Å²) in [6.45, 7) is 5.83. The molecule has 2 heteroatoms. The second-order valence-electron chi connectivity index (χ2n) is 5.93. The van der Waals surface area contributed by atoms with Gasteiger partial charge in [-0.3, -0.25) is 0 Å². The van der Waals surface area contributed by atoms with E-state index >= 15 is 0 Å². The van der Waals surface area contributed by atoms with Crippen LogP contribution in [0.3, 0.4) is 0 Å². The predicted molar refractivity (Wildman–Crippen MR) is 69.5 cm³/mol. The normalized spacial score (nSPS) is 23.4. The molecule has 0 heterocycles. The predicted octanol–water partition coefficient (Wildman–Crippen LogP) is 2.77. The molecule has 2 aliphatic carbocycles. The van der Waals surface area contributed by atoms with Crippen LogP contribution in [-0.2, 0) is 0 Å². The van der Waals surface area contributed by atoms with E-state index in [4.69, 9.17) is 5.73 Å². The van der Waals surface area contributed by atoms with Crippen molar-refractivity contribution < 1.29 is 0 Å². The van der Waals surface area contributed by atoms with Crippen molar-refractivity contribution in [3.63, 3.8) is 0 Å². The summed E-state index contributed by atoms with van der Waals surface area (Å²) >= 11 is 0. The van der Waals surface area contributed by atoms with Gasteiger partial charge in [-0.05, 0) is 63.6 Å². The second kappa shape index (κ2) is 5.50. The minimum absolute atomic E-state index is 0.541. The van der Waals surface area contributed by atoms with Gasteiger partial charge in [-0.15, -0.1) is 0 Å². The Morgan fingerprint density at radius 1 is 1.25 bits per heavy atom. The minimum atomic E-state index is 0.541. The summed E-state index contributed by atoms with van der Waals surface area (Å²) in [6.07, 6.45) is 11.1. The Bertz CT molecular complexity index is 201. The average molecular weight is 224 g/mol. The molecule has 0 radical (unpaired) electrons. The lowest BCUT2D eigenvalue weighted by Gasteiger charge is -2.42. The molecule has 0 aromatic rings. The van der Waals surface area contributed by atoms with Crippen LogP contribution in [0.15, 0.2) is 0 Å². The summed E-state index contributed by atoms with van der Waals surface area (Å²) < 4.78 is 0. The Kier molecular flexibility index (Phi) is 4.26. The quantitative estimate of drug-likeness (QED) is 0.687. The second-order valence-corrected chi connectivity index (χ2v) is 5.93. The van der Waals surface area contributed by atoms with Crippen LogP contribution in [0.4, 0.5) is 0 Å². The third-order valence-electron chi connectivity index (χ3n) is 4.64. The van der Waals surface area contributed by atoms with Crippen molar-refractivity contribution >= 4 is 0 Å². The maximum Gasteiger partial charge on any atom is 0.00964 e. The zero-order valence-electron chi connectivity index (χ0n) is 10.9. The molecule has 0 atom stereocenters. The van der Waals surface area contributed by atoms with E-state index in [2.05, 4.69) is 11.8 Å². The van der Waals surface area contributed by atoms with Gasteiger partial charge >= 0.3 is 0 Å². The number of nitrogens with zero attached hydrogens (tertiary/aromatic N) is 1. The Hall–Kier alpha value is -0.0800. The zero-order chi connectivity index (χ0) is 11.4. The lowest BCUT2D eigenvalue weighted by atomic mass is 9.66. The van der Waals surface area contributed by atoms with Crippen LogP contribution in [0.1, 0.15) is 58.3 Å². The molecule has 0 aromatic carbocycles. The van der Waals surface area contributed by atoms with E-state index < -0.39 is 0 Å². The van der Waals surface area contributed by atoms with Crippen molar-refractivity contribution in [2.45, 2.75) is 64.3 Å². The van der Waals surface area contributed by atoms with Crippen LogP contribution < -0.4 is 5.73 Å². The fourth-order valence-corrected chi connectivity index (χ4v) is 2.89. The molecule has 0 saturated heterocycles. The van der Waals surface area contributed by atoms with Gasteiger partial charge in [-0.2, -0.15) is 0 Å². The van der Waals surface area contributed by atoms with Crippen LogP contribution in [-0.4, -0.2) is 30.6 Å². The van der Waals surface area contributed by atoms with Gasteiger partial charge in [0.1, 0.15) is 0 Å². The first-order chi connectivity index (χ1) is 7.79. The molecule has 2 saturated carbocycles. The summed E-state index contributed by atoms with van der Waals surface area (Å²) in [5, 5.41) is 0. The molecular weight excluding hydrogens is 196 g/mol. The fourth-order valence-electron chi connectivity index (χ4n) is 2.89. The SMILES string of the molecule is CCCCN(CCC1(CN)CCC1)C1CC1. The summed E-state index contributed by atoms with van der Waals surface area (Å²) in [6, 6.07) is 0.932. The van der Waals surface area contributed by atoms with Crippen LogP contribution in [0.5, 0.6) is 0 Å². The highest BCUT2D eigenvalue weighted by Gasteiger charge is 2.37. The molecular formula is C14H28N2. The van der Waals surface area contributed by atoms with Crippen molar-refractivity contribution in [2.24, 2.45) is 11.1 Å². The molecule has 0 bridgehead atoms. The van der Waals surface area contributed by atoms with Crippen molar-refractivity contribution in [3.8, 4) is 0 Å². The van der Waals surface area contributed by atoms with E-state index in [1.54, 1.807) is 0 Å². The molecule has 0 amide bonds. The summed E-state index contributed by atoms with van der Waals surface area (Å²) in [4.78, 5) is 2.74. The molecule has 0 aliphatic heterocycles. The minimum Gasteiger partial charge on any atom is -0.330 e. The third-order valence-corrected chi connectivity index (χ3v) is 4.64. The van der Waals surface area contributed by atoms with E-state index in [-0.39, 0.29) is 0 Å². The molecule has 0 spiro atoms. The molecule has 0 unspecified atom stereocenters. The summed E-state index contributed by atoms with van der Waals surface area (Å²) in [5.41, 5.74) is 6.47. The number of hydrogen-bond donors (Lipinski definition) is 1. The smallest absolute Gasteiger partial charge is 0.00964 e. The number of rotatable bonds is 8. The Balaban J connectivity index is 1.72. The number of unbranched alkanes of at least 4 members (excludes halogenated alkanes) is 1. The van der Waals surface area contributed by atoms with Crippen LogP contribution in [0.2, 0.25) is 0 Å². The van der Waals surface area contributed by atoms with Gasteiger partial charge in [-0.1, -0.05) is 19.8 Å². The lowest BCUT2D eigenvalue weighted by Crippen LogP contribution is -2.41. The third kappa shape index (κ3) is 2.98. The number of hydrogen-bond acceptors (Lipinski definition) is 2. The van der Waals surface area contributed by atoms with E-state index in [1.807, 2.05) is 0 Å². The van der Waals surface area contributed by atoms with E-state index in [0.717, 1.165) is 12.6 Å². The molecule has 2 fully saturated rings. The highest BCUT2D eigenvalue weighted by atomic mass is 15.2. The van der Waals surface area contributed by atoms with Gasteiger partial charge in [-0.25, -0.2) is 0 Å². The van der Waals surface area contributed by atoms with Gasteiger partial charge in [0.15, 0.2) is 0 Å². The first-order valence-electron chi connectivity index (χ1n) is 7.24. The van der Waals surface area contributed by atoms with Crippen LogP contribution in [0.25, 0.3) is 0 Å². The standard InChI is InChI=1S/C14H28N2/c1-2-3-10-16(13-5-6-13)11-9-14(12-15)7-4-8-14/h13H,2-12,15H2,1H3. The molecule has 16 heavy (non-hydrogen) atoms. The monoisotopic (exact) mass is 224 g/mol. The molecule has 94 valence electrons. The maximum atomic E-state index is 5.93. The van der Waals surface area contributed by atoms with Crippen molar-refractivity contribution in [2.75, 3.05) is 19.6 Å². The first-order valence-corrected chi connectivity index (χ1v) is 7.24. The van der Waals surface area contributed by atoms with Crippen molar-refractivity contribution in [3.05, 3.63) is 0 Å². The highest BCUT2D eigenvalue weighted by Crippen LogP contribution is 2.43. The van der Waals surface area contributed by atoms with Gasteiger partial charge < -0.3 is 10.6 Å². The first kappa shape index (κ1) is 12.4. The summed E-state index contributed by atoms with van der Waals surface area (Å²) in [7, 11) is 0. The van der Waals surface area contributed by atoms with Gasteiger partial charge in [0.2, 0.25) is 0 Å². The highest BCUT2D eigenvalue weighted by molar-refractivity contribution is 4.91. The Morgan fingerprint density at radius 2 is 2.00 bits per heavy atom. The Morgan fingerprint density at radius 3 is 2.44 bits per heavy atom. The van der Waals surface area contributed by atoms with Crippen molar-refractivity contribution in [1.29, 1.82) is 0 Å². The topological polar surface area (TPSA) is 29.3 Å². The zero-order valence-corrected chi connectivity index (χ0v) is 10.9. The van der Waals surface area contributed by atoms with E-state index in [1.165, 1.54) is 64.5 Å². The van der Waals surface area contributed by atoms with Crippen LogP contribution >= 0.6 is 0 Å². The van der Waals surface area contributed by atoms with E-state index in [0.29, 0.717) is 5.41 Å². The molecule has 2 nitrogen and oxygen atoms in total. The molecule has 2 aliphatic rings. The van der Waals surface area contributed by atoms with Gasteiger partial charge in [0.05, 0.1) is 0 Å². The molecule has 2 rings (SSSR count).